The van der Waals surface area contributed by atoms with Gasteiger partial charge in [-0.05, 0) is 24.7 Å². The Labute approximate surface area is 98.8 Å². The van der Waals surface area contributed by atoms with Crippen molar-refractivity contribution in [1.29, 1.82) is 0 Å². The van der Waals surface area contributed by atoms with Gasteiger partial charge in [0, 0.05) is 35.5 Å². The van der Waals surface area contributed by atoms with Crippen LogP contribution >= 0.6 is 0 Å². The van der Waals surface area contributed by atoms with Crippen molar-refractivity contribution in [3.8, 4) is 0 Å². The van der Waals surface area contributed by atoms with Crippen molar-refractivity contribution in [2.45, 2.75) is 37.9 Å². The third kappa shape index (κ3) is 4.22. The fourth-order valence-corrected chi connectivity index (χ4v) is 3.37. The predicted octanol–water partition coefficient (Wildman–Crippen LogP) is 1.41. The number of carbonyl (C=O) groups is 1. The summed E-state index contributed by atoms with van der Waals surface area (Å²) in [6.45, 7) is 2.55. The summed E-state index contributed by atoms with van der Waals surface area (Å²) in [7, 11) is 0.694. The van der Waals surface area contributed by atoms with Gasteiger partial charge in [-0.2, -0.15) is 0 Å². The molecule has 4 nitrogen and oxygen atoms in total. The standard InChI is InChI=1S/C11H20O4S/c1-9(3-6-15-2)16(14)8-11(4-5-11)7-10(12)13/h9H,3-8H2,1-2H3,(H,12,13). The minimum absolute atomic E-state index is 0.0891. The highest BCUT2D eigenvalue weighted by atomic mass is 32.2. The molecule has 1 N–H and O–H groups in total. The molecule has 5 heteroatoms. The first-order valence-corrected chi connectivity index (χ1v) is 6.95. The molecule has 2 atom stereocenters. The van der Waals surface area contributed by atoms with Gasteiger partial charge in [-0.15, -0.1) is 0 Å². The highest BCUT2D eigenvalue weighted by Crippen LogP contribution is 2.49. The molecule has 1 aliphatic rings. The quantitative estimate of drug-likeness (QED) is 0.705. The topological polar surface area (TPSA) is 63.6 Å². The summed E-state index contributed by atoms with van der Waals surface area (Å²) in [5.41, 5.74) is -0.169. The Morgan fingerprint density at radius 2 is 2.19 bits per heavy atom. The maximum atomic E-state index is 11.9. The van der Waals surface area contributed by atoms with E-state index in [1.54, 1.807) is 7.11 Å². The molecule has 1 aliphatic carbocycles. The molecule has 94 valence electrons. The van der Waals surface area contributed by atoms with Gasteiger partial charge in [0.2, 0.25) is 0 Å². The average molecular weight is 248 g/mol. The number of hydrogen-bond acceptors (Lipinski definition) is 3. The smallest absolute Gasteiger partial charge is 0.303 e. The number of carboxylic acid groups (broad SMARTS) is 1. The zero-order valence-electron chi connectivity index (χ0n) is 9.90. The molecule has 16 heavy (non-hydrogen) atoms. The first-order valence-electron chi connectivity index (χ1n) is 5.57. The third-order valence-electron chi connectivity index (χ3n) is 3.11. The van der Waals surface area contributed by atoms with Crippen LogP contribution in [0.5, 0.6) is 0 Å². The molecule has 0 spiro atoms. The van der Waals surface area contributed by atoms with Crippen LogP contribution in [0.1, 0.15) is 32.6 Å². The van der Waals surface area contributed by atoms with Gasteiger partial charge in [0.1, 0.15) is 0 Å². The number of hydrogen-bond donors (Lipinski definition) is 1. The van der Waals surface area contributed by atoms with Crippen LogP contribution in [0.2, 0.25) is 0 Å². The van der Waals surface area contributed by atoms with E-state index in [4.69, 9.17) is 9.84 Å². The molecule has 1 saturated carbocycles. The molecular weight excluding hydrogens is 228 g/mol. The van der Waals surface area contributed by atoms with Crippen LogP contribution in [0.25, 0.3) is 0 Å². The van der Waals surface area contributed by atoms with Gasteiger partial charge < -0.3 is 9.84 Å². The Morgan fingerprint density at radius 3 is 2.62 bits per heavy atom. The van der Waals surface area contributed by atoms with E-state index in [9.17, 15) is 9.00 Å². The van der Waals surface area contributed by atoms with Crippen molar-refractivity contribution in [3.05, 3.63) is 0 Å². The van der Waals surface area contributed by atoms with Gasteiger partial charge in [0.25, 0.3) is 0 Å². The normalized spacial score (nSPS) is 21.4. The number of methoxy groups -OCH3 is 1. The van der Waals surface area contributed by atoms with E-state index >= 15 is 0 Å². The molecule has 1 rings (SSSR count). The van der Waals surface area contributed by atoms with E-state index in [1.165, 1.54) is 0 Å². The Morgan fingerprint density at radius 1 is 1.56 bits per heavy atom. The lowest BCUT2D eigenvalue weighted by Gasteiger charge is -2.16. The second-order valence-electron chi connectivity index (χ2n) is 4.69. The third-order valence-corrected chi connectivity index (χ3v) is 5.14. The van der Waals surface area contributed by atoms with Crippen LogP contribution in [0, 0.1) is 5.41 Å². The van der Waals surface area contributed by atoms with E-state index in [1.807, 2.05) is 6.92 Å². The van der Waals surface area contributed by atoms with Crippen LogP contribution in [0.4, 0.5) is 0 Å². The second kappa shape index (κ2) is 5.77. The summed E-state index contributed by atoms with van der Waals surface area (Å²) < 4.78 is 16.9. The maximum Gasteiger partial charge on any atom is 0.303 e. The van der Waals surface area contributed by atoms with Gasteiger partial charge in [0.15, 0.2) is 0 Å². The lowest BCUT2D eigenvalue weighted by Crippen LogP contribution is -2.23. The van der Waals surface area contributed by atoms with Gasteiger partial charge in [0.05, 0.1) is 6.42 Å². The number of ether oxygens (including phenoxy) is 1. The lowest BCUT2D eigenvalue weighted by atomic mass is 10.1. The number of rotatable bonds is 8. The molecule has 0 bridgehead atoms. The SMILES string of the molecule is COCCC(C)S(=O)CC1(CC(=O)O)CC1. The molecule has 0 saturated heterocycles. The Kier molecular flexibility index (Phi) is 4.92. The molecule has 2 unspecified atom stereocenters. The van der Waals surface area contributed by atoms with E-state index in [0.29, 0.717) is 12.4 Å². The summed E-state index contributed by atoms with van der Waals surface area (Å²) in [5.74, 6) is -0.247. The number of carboxylic acids is 1. The largest absolute Gasteiger partial charge is 0.481 e. The predicted molar refractivity (Wildman–Crippen MR) is 62.9 cm³/mol. The van der Waals surface area contributed by atoms with E-state index in [0.717, 1.165) is 19.3 Å². The first-order chi connectivity index (χ1) is 7.49. The van der Waals surface area contributed by atoms with Crippen LogP contribution in [0.3, 0.4) is 0 Å². The van der Waals surface area contributed by atoms with Crippen LogP contribution in [-0.4, -0.2) is 40.0 Å². The van der Waals surface area contributed by atoms with Crippen molar-refractivity contribution in [1.82, 2.24) is 0 Å². The van der Waals surface area contributed by atoms with Gasteiger partial charge in [-0.3, -0.25) is 9.00 Å². The molecule has 1 fully saturated rings. The van der Waals surface area contributed by atoms with Crippen molar-refractivity contribution < 1.29 is 18.8 Å². The highest BCUT2D eigenvalue weighted by molar-refractivity contribution is 7.85. The molecule has 0 radical (unpaired) electrons. The van der Waals surface area contributed by atoms with E-state index in [2.05, 4.69) is 0 Å². The van der Waals surface area contributed by atoms with E-state index in [-0.39, 0.29) is 17.1 Å². The lowest BCUT2D eigenvalue weighted by molar-refractivity contribution is -0.138. The Bertz CT molecular complexity index is 273. The molecule has 0 aromatic heterocycles. The van der Waals surface area contributed by atoms with E-state index < -0.39 is 16.8 Å². The highest BCUT2D eigenvalue weighted by Gasteiger charge is 2.46. The van der Waals surface area contributed by atoms with Crippen LogP contribution in [-0.2, 0) is 20.3 Å². The molecule has 0 aliphatic heterocycles. The van der Waals surface area contributed by atoms with Crippen molar-refractivity contribution in [2.75, 3.05) is 19.5 Å². The summed E-state index contributed by atoms with van der Waals surface area (Å²) >= 11 is 0. The van der Waals surface area contributed by atoms with Crippen molar-refractivity contribution >= 4 is 16.8 Å². The molecule has 0 aromatic rings. The maximum absolute atomic E-state index is 11.9. The molecule has 0 aromatic carbocycles. The van der Waals surface area contributed by atoms with Crippen LogP contribution in [0.15, 0.2) is 0 Å². The van der Waals surface area contributed by atoms with Gasteiger partial charge in [-0.1, -0.05) is 6.92 Å². The average Bonchev–Trinajstić information content (AvgIpc) is 2.92. The van der Waals surface area contributed by atoms with Crippen molar-refractivity contribution in [2.24, 2.45) is 5.41 Å². The summed E-state index contributed by atoms with van der Waals surface area (Å²) in [4.78, 5) is 10.7. The van der Waals surface area contributed by atoms with Gasteiger partial charge >= 0.3 is 5.97 Å². The number of aliphatic carboxylic acids is 1. The Balaban J connectivity index is 2.36. The zero-order valence-corrected chi connectivity index (χ0v) is 10.7. The fourth-order valence-electron chi connectivity index (χ4n) is 1.73. The minimum atomic E-state index is -0.933. The van der Waals surface area contributed by atoms with Crippen LogP contribution < -0.4 is 0 Å². The Hall–Kier alpha value is -0.420. The molecule has 0 heterocycles. The monoisotopic (exact) mass is 248 g/mol. The second-order valence-corrected chi connectivity index (χ2v) is 6.54. The molecule has 0 amide bonds. The summed E-state index contributed by atoms with van der Waals surface area (Å²) in [6.07, 6.45) is 2.74. The fraction of sp³-hybridized carbons (Fsp3) is 0.909. The van der Waals surface area contributed by atoms with Gasteiger partial charge in [-0.25, -0.2) is 0 Å². The zero-order chi connectivity index (χ0) is 12.2. The molecular formula is C11H20O4S. The summed E-state index contributed by atoms with van der Waals surface area (Å²) in [6, 6.07) is 0. The summed E-state index contributed by atoms with van der Waals surface area (Å²) in [5, 5.41) is 8.85. The van der Waals surface area contributed by atoms with Crippen molar-refractivity contribution in [3.63, 3.8) is 0 Å². The first kappa shape index (κ1) is 13.6. The minimum Gasteiger partial charge on any atom is -0.481 e.